The predicted octanol–water partition coefficient (Wildman–Crippen LogP) is 0.531. The summed E-state index contributed by atoms with van der Waals surface area (Å²) in [5.74, 6) is 0.654. The fraction of sp³-hybridized carbons (Fsp3) is 0.615. The largest absolute Gasteiger partial charge is 0.469 e. The van der Waals surface area contributed by atoms with Gasteiger partial charge in [0.15, 0.2) is 0 Å². The van der Waals surface area contributed by atoms with Gasteiger partial charge >= 0.3 is 0 Å². The molecule has 1 aliphatic rings. The van der Waals surface area contributed by atoms with Gasteiger partial charge in [0, 0.05) is 44.8 Å². The quantitative estimate of drug-likeness (QED) is 0.819. The van der Waals surface area contributed by atoms with Crippen LogP contribution in [0, 0.1) is 13.8 Å². The van der Waals surface area contributed by atoms with Crippen molar-refractivity contribution < 1.29 is 9.21 Å². The van der Waals surface area contributed by atoms with Gasteiger partial charge in [-0.05, 0) is 13.8 Å². The van der Waals surface area contributed by atoms with Gasteiger partial charge in [-0.25, -0.2) is 0 Å². The number of rotatable bonds is 4. The summed E-state index contributed by atoms with van der Waals surface area (Å²) in [7, 11) is 0. The van der Waals surface area contributed by atoms with Crippen LogP contribution < -0.4 is 10.6 Å². The highest BCUT2D eigenvalue weighted by molar-refractivity contribution is 5.96. The summed E-state index contributed by atoms with van der Waals surface area (Å²) in [5.41, 5.74) is 1.57. The maximum Gasteiger partial charge on any atom is 0.255 e. The van der Waals surface area contributed by atoms with Crippen molar-refractivity contribution in [2.45, 2.75) is 13.8 Å². The second-order valence-electron chi connectivity index (χ2n) is 4.70. The molecule has 1 fully saturated rings. The maximum atomic E-state index is 12.0. The van der Waals surface area contributed by atoms with Gasteiger partial charge in [0.1, 0.15) is 5.76 Å². The minimum absolute atomic E-state index is 0.0334. The first-order valence-electron chi connectivity index (χ1n) is 6.44. The highest BCUT2D eigenvalue weighted by atomic mass is 16.3. The second kappa shape index (κ2) is 6.02. The lowest BCUT2D eigenvalue weighted by Crippen LogP contribution is -2.46. The molecule has 0 aliphatic carbocycles. The van der Waals surface area contributed by atoms with Crippen LogP contribution in [-0.2, 0) is 0 Å². The predicted molar refractivity (Wildman–Crippen MR) is 69.8 cm³/mol. The molecule has 1 aromatic rings. The number of nitrogens with one attached hydrogen (secondary N) is 2. The Bertz CT molecular complexity index is 389. The van der Waals surface area contributed by atoms with E-state index >= 15 is 0 Å². The van der Waals surface area contributed by atoms with Crippen molar-refractivity contribution in [1.29, 1.82) is 0 Å². The summed E-state index contributed by atoms with van der Waals surface area (Å²) in [4.78, 5) is 14.3. The van der Waals surface area contributed by atoms with E-state index in [0.717, 1.165) is 38.3 Å². The topological polar surface area (TPSA) is 57.5 Å². The van der Waals surface area contributed by atoms with Crippen molar-refractivity contribution in [3.63, 3.8) is 0 Å². The van der Waals surface area contributed by atoms with Crippen LogP contribution in [0.15, 0.2) is 10.7 Å². The molecule has 0 bridgehead atoms. The maximum absolute atomic E-state index is 12.0. The molecule has 0 saturated carbocycles. The Kier molecular flexibility index (Phi) is 4.38. The Morgan fingerprint density at radius 3 is 2.78 bits per heavy atom. The molecular weight excluding hydrogens is 230 g/mol. The SMILES string of the molecule is Cc1coc(C)c1C(=O)NCCN1CCNCC1. The first-order valence-corrected chi connectivity index (χ1v) is 6.44. The number of furan rings is 1. The highest BCUT2D eigenvalue weighted by Crippen LogP contribution is 2.14. The van der Waals surface area contributed by atoms with Crippen molar-refractivity contribution in [2.75, 3.05) is 39.3 Å². The average Bonchev–Trinajstić information content (AvgIpc) is 2.70. The van der Waals surface area contributed by atoms with E-state index in [9.17, 15) is 4.79 Å². The number of piperazine rings is 1. The van der Waals surface area contributed by atoms with Crippen LogP contribution in [0.3, 0.4) is 0 Å². The molecular formula is C13H21N3O2. The average molecular weight is 251 g/mol. The third-order valence-corrected chi connectivity index (χ3v) is 3.31. The number of carbonyl (C=O) groups is 1. The number of hydrogen-bond acceptors (Lipinski definition) is 4. The molecule has 1 aliphatic heterocycles. The van der Waals surface area contributed by atoms with E-state index in [0.29, 0.717) is 17.9 Å². The normalized spacial score (nSPS) is 16.8. The van der Waals surface area contributed by atoms with Crippen molar-refractivity contribution in [3.8, 4) is 0 Å². The monoisotopic (exact) mass is 251 g/mol. The molecule has 1 amide bonds. The van der Waals surface area contributed by atoms with Crippen LogP contribution in [-0.4, -0.2) is 50.1 Å². The molecule has 0 unspecified atom stereocenters. The minimum atomic E-state index is -0.0334. The van der Waals surface area contributed by atoms with Crippen molar-refractivity contribution >= 4 is 5.91 Å². The van der Waals surface area contributed by atoms with Gasteiger partial charge in [0.2, 0.25) is 0 Å². The fourth-order valence-corrected chi connectivity index (χ4v) is 2.26. The number of aryl methyl sites for hydroxylation is 2. The molecule has 100 valence electrons. The van der Waals surface area contributed by atoms with E-state index in [1.54, 1.807) is 6.26 Å². The zero-order chi connectivity index (χ0) is 13.0. The zero-order valence-corrected chi connectivity index (χ0v) is 11.1. The van der Waals surface area contributed by atoms with E-state index in [4.69, 9.17) is 4.42 Å². The Hall–Kier alpha value is -1.33. The first kappa shape index (κ1) is 13.1. The van der Waals surface area contributed by atoms with Gasteiger partial charge in [-0.1, -0.05) is 0 Å². The van der Waals surface area contributed by atoms with Gasteiger partial charge in [-0.15, -0.1) is 0 Å². The first-order chi connectivity index (χ1) is 8.68. The molecule has 0 spiro atoms. The number of hydrogen-bond donors (Lipinski definition) is 2. The van der Waals surface area contributed by atoms with Crippen LogP contribution in [0.2, 0.25) is 0 Å². The Morgan fingerprint density at radius 1 is 1.44 bits per heavy atom. The minimum Gasteiger partial charge on any atom is -0.469 e. The summed E-state index contributed by atoms with van der Waals surface area (Å²) in [6.45, 7) is 9.48. The Morgan fingerprint density at radius 2 is 2.17 bits per heavy atom. The van der Waals surface area contributed by atoms with Crippen LogP contribution in [0.1, 0.15) is 21.7 Å². The Balaban J connectivity index is 1.78. The summed E-state index contributed by atoms with van der Waals surface area (Å²) in [5, 5.41) is 6.26. The van der Waals surface area contributed by atoms with E-state index in [-0.39, 0.29) is 5.91 Å². The molecule has 5 heteroatoms. The van der Waals surface area contributed by atoms with Crippen molar-refractivity contribution in [3.05, 3.63) is 23.2 Å². The van der Waals surface area contributed by atoms with E-state index in [1.807, 2.05) is 13.8 Å². The fourth-order valence-electron chi connectivity index (χ4n) is 2.26. The summed E-state index contributed by atoms with van der Waals surface area (Å²) in [6, 6.07) is 0. The standard InChI is InChI=1S/C13H21N3O2/c1-10-9-18-11(2)12(10)13(17)15-5-8-16-6-3-14-4-7-16/h9,14H,3-8H2,1-2H3,(H,15,17). The van der Waals surface area contributed by atoms with Gasteiger partial charge < -0.3 is 15.1 Å². The third-order valence-electron chi connectivity index (χ3n) is 3.31. The smallest absolute Gasteiger partial charge is 0.255 e. The third kappa shape index (κ3) is 3.11. The number of nitrogens with zero attached hydrogens (tertiary/aromatic N) is 1. The molecule has 5 nitrogen and oxygen atoms in total. The van der Waals surface area contributed by atoms with Gasteiger partial charge in [-0.3, -0.25) is 9.69 Å². The van der Waals surface area contributed by atoms with E-state index in [1.165, 1.54) is 0 Å². The molecule has 0 radical (unpaired) electrons. The molecule has 1 aromatic heterocycles. The van der Waals surface area contributed by atoms with Crippen LogP contribution in [0.5, 0.6) is 0 Å². The van der Waals surface area contributed by atoms with Gasteiger partial charge in [0.05, 0.1) is 11.8 Å². The summed E-state index contributed by atoms with van der Waals surface area (Å²) in [6.07, 6.45) is 1.63. The lowest BCUT2D eigenvalue weighted by atomic mass is 10.1. The van der Waals surface area contributed by atoms with Crippen LogP contribution in [0.4, 0.5) is 0 Å². The van der Waals surface area contributed by atoms with Crippen LogP contribution >= 0.6 is 0 Å². The van der Waals surface area contributed by atoms with E-state index in [2.05, 4.69) is 15.5 Å². The van der Waals surface area contributed by atoms with Crippen molar-refractivity contribution in [1.82, 2.24) is 15.5 Å². The molecule has 2 rings (SSSR count). The molecule has 2 N–H and O–H groups in total. The molecule has 18 heavy (non-hydrogen) atoms. The lowest BCUT2D eigenvalue weighted by Gasteiger charge is -2.27. The summed E-state index contributed by atoms with van der Waals surface area (Å²) < 4.78 is 5.23. The van der Waals surface area contributed by atoms with E-state index < -0.39 is 0 Å². The van der Waals surface area contributed by atoms with Gasteiger partial charge in [-0.2, -0.15) is 0 Å². The molecule has 1 saturated heterocycles. The number of carbonyl (C=O) groups excluding carboxylic acids is 1. The van der Waals surface area contributed by atoms with Gasteiger partial charge in [0.25, 0.3) is 5.91 Å². The second-order valence-corrected chi connectivity index (χ2v) is 4.70. The zero-order valence-electron chi connectivity index (χ0n) is 11.1. The Labute approximate surface area is 108 Å². The molecule has 0 atom stereocenters. The highest BCUT2D eigenvalue weighted by Gasteiger charge is 2.15. The molecule has 2 heterocycles. The lowest BCUT2D eigenvalue weighted by molar-refractivity contribution is 0.0945. The molecule has 0 aromatic carbocycles. The summed E-state index contributed by atoms with van der Waals surface area (Å²) >= 11 is 0. The van der Waals surface area contributed by atoms with Crippen LogP contribution in [0.25, 0.3) is 0 Å². The van der Waals surface area contributed by atoms with Crippen molar-refractivity contribution in [2.24, 2.45) is 0 Å². The number of amides is 1.